The van der Waals surface area contributed by atoms with Crippen molar-refractivity contribution in [3.05, 3.63) is 41.7 Å². The van der Waals surface area contributed by atoms with Crippen LogP contribution in [-0.2, 0) is 6.54 Å². The number of nitrogens with one attached hydrogen (secondary N) is 1. The maximum Gasteiger partial charge on any atom is 0.161 e. The fraction of sp³-hybridized carbons (Fsp3) is 0.312. The fourth-order valence-corrected chi connectivity index (χ4v) is 2.80. The molecule has 2 heterocycles. The third kappa shape index (κ3) is 2.46. The second-order valence-corrected chi connectivity index (χ2v) is 5.76. The minimum atomic E-state index is -0.881. The molecule has 1 aliphatic rings. The lowest BCUT2D eigenvalue weighted by Gasteiger charge is -2.08. The van der Waals surface area contributed by atoms with Gasteiger partial charge in [-0.15, -0.1) is 0 Å². The van der Waals surface area contributed by atoms with Crippen LogP contribution in [0.25, 0.3) is 22.4 Å². The summed E-state index contributed by atoms with van der Waals surface area (Å²) in [6, 6.07) is 4.55. The van der Waals surface area contributed by atoms with E-state index >= 15 is 0 Å². The number of halogens is 2. The van der Waals surface area contributed by atoms with Gasteiger partial charge < -0.3 is 9.88 Å². The molecule has 0 unspecified atom stereocenters. The highest BCUT2D eigenvalue weighted by atomic mass is 19.2. The molecule has 1 aliphatic carbocycles. The van der Waals surface area contributed by atoms with Crippen LogP contribution < -0.4 is 5.32 Å². The van der Waals surface area contributed by atoms with E-state index in [1.165, 1.54) is 6.07 Å². The molecule has 0 saturated heterocycles. The summed E-state index contributed by atoms with van der Waals surface area (Å²) in [5.74, 6) is -1.05. The van der Waals surface area contributed by atoms with Gasteiger partial charge in [0.2, 0.25) is 0 Å². The molecule has 0 radical (unpaired) electrons. The summed E-state index contributed by atoms with van der Waals surface area (Å²) in [5, 5.41) is 11.1. The van der Waals surface area contributed by atoms with Crippen LogP contribution in [-0.4, -0.2) is 26.8 Å². The second-order valence-electron chi connectivity index (χ2n) is 5.76. The van der Waals surface area contributed by atoms with Crippen LogP contribution in [0.5, 0.6) is 0 Å². The zero-order valence-electron chi connectivity index (χ0n) is 12.6. The fourth-order valence-electron chi connectivity index (χ4n) is 2.80. The third-order valence-corrected chi connectivity index (χ3v) is 3.96. The summed E-state index contributed by atoms with van der Waals surface area (Å²) in [6.07, 6.45) is 3.66. The van der Waals surface area contributed by atoms with Gasteiger partial charge in [-0.1, -0.05) is 0 Å². The molecule has 2 aromatic heterocycles. The minimum absolute atomic E-state index is 0.278. The van der Waals surface area contributed by atoms with Crippen molar-refractivity contribution in [3.63, 3.8) is 0 Å². The lowest BCUT2D eigenvalue weighted by molar-refractivity contribution is 0.510. The summed E-state index contributed by atoms with van der Waals surface area (Å²) in [5.41, 5.74) is 2.66. The Morgan fingerprint density at radius 1 is 1.22 bits per heavy atom. The standard InChI is InChI=1S/C16H15F2N5/c1-19-8-10-4-9(7-20-22-10)16-21-14-5-12(17)13(18)6-15(14)23(16)11-2-3-11/h4-7,11,19H,2-3,8H2,1H3. The van der Waals surface area contributed by atoms with Gasteiger partial charge in [0.15, 0.2) is 11.6 Å². The molecule has 3 aromatic rings. The van der Waals surface area contributed by atoms with Crippen LogP contribution in [0.3, 0.4) is 0 Å². The summed E-state index contributed by atoms with van der Waals surface area (Å²) in [7, 11) is 1.83. The molecule has 118 valence electrons. The van der Waals surface area contributed by atoms with Crippen molar-refractivity contribution in [1.82, 2.24) is 25.1 Å². The molecule has 1 saturated carbocycles. The van der Waals surface area contributed by atoms with Crippen molar-refractivity contribution >= 4 is 11.0 Å². The van der Waals surface area contributed by atoms with Crippen LogP contribution in [0, 0.1) is 11.6 Å². The first-order valence-electron chi connectivity index (χ1n) is 7.51. The van der Waals surface area contributed by atoms with E-state index in [1.807, 2.05) is 17.7 Å². The highest BCUT2D eigenvalue weighted by Gasteiger charge is 2.29. The highest BCUT2D eigenvalue weighted by molar-refractivity contribution is 5.81. The van der Waals surface area contributed by atoms with Crippen molar-refractivity contribution in [1.29, 1.82) is 0 Å². The molecule has 0 aliphatic heterocycles. The van der Waals surface area contributed by atoms with E-state index in [4.69, 9.17) is 0 Å². The van der Waals surface area contributed by atoms with E-state index in [1.54, 1.807) is 6.20 Å². The van der Waals surface area contributed by atoms with Crippen molar-refractivity contribution in [2.45, 2.75) is 25.4 Å². The van der Waals surface area contributed by atoms with E-state index in [-0.39, 0.29) is 6.04 Å². The first kappa shape index (κ1) is 14.2. The zero-order valence-corrected chi connectivity index (χ0v) is 12.6. The van der Waals surface area contributed by atoms with Crippen molar-refractivity contribution in [3.8, 4) is 11.4 Å². The molecule has 0 amide bonds. The molecule has 23 heavy (non-hydrogen) atoms. The quantitative estimate of drug-likeness (QED) is 0.804. The van der Waals surface area contributed by atoms with Gasteiger partial charge in [0, 0.05) is 30.3 Å². The lowest BCUT2D eigenvalue weighted by atomic mass is 10.2. The summed E-state index contributed by atoms with van der Waals surface area (Å²) in [4.78, 5) is 4.52. The Hall–Kier alpha value is -2.41. The van der Waals surface area contributed by atoms with Crippen molar-refractivity contribution < 1.29 is 8.78 Å². The zero-order chi connectivity index (χ0) is 16.0. The van der Waals surface area contributed by atoms with E-state index < -0.39 is 11.6 Å². The smallest absolute Gasteiger partial charge is 0.161 e. The maximum absolute atomic E-state index is 13.6. The Morgan fingerprint density at radius 2 is 2.00 bits per heavy atom. The van der Waals surface area contributed by atoms with Gasteiger partial charge in [-0.25, -0.2) is 13.8 Å². The molecule has 0 spiro atoms. The number of fused-ring (bicyclic) bond motifs is 1. The van der Waals surface area contributed by atoms with Gasteiger partial charge in [-0.2, -0.15) is 10.2 Å². The van der Waals surface area contributed by atoms with Crippen LogP contribution in [0.2, 0.25) is 0 Å². The average Bonchev–Trinajstić information content (AvgIpc) is 3.31. The normalized spacial score (nSPS) is 14.6. The number of benzene rings is 1. The SMILES string of the molecule is CNCc1cc(-c2nc3cc(F)c(F)cc3n2C2CC2)cnn1. The predicted molar refractivity (Wildman–Crippen MR) is 81.7 cm³/mol. The Morgan fingerprint density at radius 3 is 2.74 bits per heavy atom. The minimum Gasteiger partial charge on any atom is -0.321 e. The van der Waals surface area contributed by atoms with Crippen LogP contribution in [0.1, 0.15) is 24.6 Å². The largest absolute Gasteiger partial charge is 0.321 e. The van der Waals surface area contributed by atoms with E-state index in [9.17, 15) is 8.78 Å². The highest BCUT2D eigenvalue weighted by Crippen LogP contribution is 2.41. The van der Waals surface area contributed by atoms with Crippen LogP contribution >= 0.6 is 0 Å². The molecule has 1 N–H and O–H groups in total. The summed E-state index contributed by atoms with van der Waals surface area (Å²) >= 11 is 0. The number of rotatable bonds is 4. The Kier molecular flexibility index (Phi) is 3.30. The molecule has 4 rings (SSSR count). The molecule has 0 bridgehead atoms. The monoisotopic (exact) mass is 315 g/mol. The number of aromatic nitrogens is 4. The van der Waals surface area contributed by atoms with E-state index in [0.717, 1.165) is 30.2 Å². The Labute approximate surface area is 131 Å². The van der Waals surface area contributed by atoms with Crippen molar-refractivity contribution in [2.75, 3.05) is 7.05 Å². The van der Waals surface area contributed by atoms with Crippen molar-refractivity contribution in [2.24, 2.45) is 0 Å². The third-order valence-electron chi connectivity index (χ3n) is 3.96. The molecule has 1 fully saturated rings. The van der Waals surface area contributed by atoms with Crippen LogP contribution in [0.4, 0.5) is 8.78 Å². The first-order chi connectivity index (χ1) is 11.2. The number of imidazole rings is 1. The van der Waals surface area contributed by atoms with Gasteiger partial charge in [0.25, 0.3) is 0 Å². The molecule has 0 atom stereocenters. The first-order valence-corrected chi connectivity index (χ1v) is 7.51. The average molecular weight is 315 g/mol. The van der Waals surface area contributed by atoms with Crippen LogP contribution in [0.15, 0.2) is 24.4 Å². The van der Waals surface area contributed by atoms with E-state index in [0.29, 0.717) is 23.4 Å². The lowest BCUT2D eigenvalue weighted by Crippen LogP contribution is -2.08. The Bertz CT molecular complexity index is 886. The second kappa shape index (κ2) is 5.34. The molecule has 7 heteroatoms. The number of hydrogen-bond acceptors (Lipinski definition) is 4. The summed E-state index contributed by atoms with van der Waals surface area (Å²) < 4.78 is 29.1. The van der Waals surface area contributed by atoms with Gasteiger partial charge in [-0.05, 0) is 26.0 Å². The topological polar surface area (TPSA) is 55.6 Å². The number of hydrogen-bond donors (Lipinski definition) is 1. The maximum atomic E-state index is 13.6. The molecular formula is C16H15F2N5. The number of nitrogens with zero attached hydrogens (tertiary/aromatic N) is 4. The van der Waals surface area contributed by atoms with E-state index in [2.05, 4.69) is 20.5 Å². The Balaban J connectivity index is 1.92. The van der Waals surface area contributed by atoms with Gasteiger partial charge in [0.05, 0.1) is 22.9 Å². The van der Waals surface area contributed by atoms with Gasteiger partial charge >= 0.3 is 0 Å². The molecular weight excluding hydrogens is 300 g/mol. The molecule has 5 nitrogen and oxygen atoms in total. The van der Waals surface area contributed by atoms with Gasteiger partial charge in [0.1, 0.15) is 5.82 Å². The molecule has 1 aromatic carbocycles. The summed E-state index contributed by atoms with van der Waals surface area (Å²) in [6.45, 7) is 0.591. The van der Waals surface area contributed by atoms with Gasteiger partial charge in [-0.3, -0.25) is 0 Å². The predicted octanol–water partition coefficient (Wildman–Crippen LogP) is 2.83.